The molecule has 0 aromatic carbocycles. The summed E-state index contributed by atoms with van der Waals surface area (Å²) in [5, 5.41) is 10.5. The van der Waals surface area contributed by atoms with Crippen LogP contribution in [0, 0.1) is 6.42 Å². The molecule has 2 aliphatic rings. The fourth-order valence-electron chi connectivity index (χ4n) is 2.14. The molecule has 1 aliphatic carbocycles. The Hall–Kier alpha value is -0.600. The van der Waals surface area contributed by atoms with Crippen LogP contribution in [0.3, 0.4) is 0 Å². The predicted molar refractivity (Wildman–Crippen MR) is 57.8 cm³/mol. The van der Waals surface area contributed by atoms with Crippen molar-refractivity contribution in [3.8, 4) is 0 Å². The average Bonchev–Trinajstić information content (AvgIpc) is 2.24. The van der Waals surface area contributed by atoms with E-state index in [4.69, 9.17) is 0 Å². The summed E-state index contributed by atoms with van der Waals surface area (Å²) in [6.07, 6.45) is 11.0. The minimum atomic E-state index is -0.558. The van der Waals surface area contributed by atoms with Crippen molar-refractivity contribution in [1.29, 1.82) is 0 Å². The lowest BCUT2D eigenvalue weighted by Crippen LogP contribution is -2.43. The predicted octanol–water partition coefficient (Wildman–Crippen LogP) is 1.53. The molecule has 0 bridgehead atoms. The van der Waals surface area contributed by atoms with Crippen molar-refractivity contribution in [2.75, 3.05) is 20.1 Å². The smallest absolute Gasteiger partial charge is 0.0917 e. The third-order valence-electron chi connectivity index (χ3n) is 3.24. The second-order valence-corrected chi connectivity index (χ2v) is 4.32. The Kier molecular flexibility index (Phi) is 2.75. The lowest BCUT2D eigenvalue weighted by atomic mass is 9.82. The molecule has 0 spiro atoms. The molecule has 1 aliphatic heterocycles. The van der Waals surface area contributed by atoms with Crippen LogP contribution in [-0.2, 0) is 0 Å². The molecule has 1 heterocycles. The van der Waals surface area contributed by atoms with Gasteiger partial charge in [0.15, 0.2) is 0 Å². The molecule has 2 nitrogen and oxygen atoms in total. The summed E-state index contributed by atoms with van der Waals surface area (Å²) in [5.74, 6) is 0. The van der Waals surface area contributed by atoms with Gasteiger partial charge in [0.2, 0.25) is 0 Å². The molecular weight excluding hydrogens is 174 g/mol. The van der Waals surface area contributed by atoms with Gasteiger partial charge in [0, 0.05) is 13.1 Å². The molecule has 0 unspecified atom stereocenters. The first-order valence-electron chi connectivity index (χ1n) is 5.32. The third-order valence-corrected chi connectivity index (χ3v) is 3.24. The Morgan fingerprint density at radius 2 is 2.07 bits per heavy atom. The van der Waals surface area contributed by atoms with Crippen molar-refractivity contribution in [1.82, 2.24) is 4.90 Å². The van der Waals surface area contributed by atoms with Crippen molar-refractivity contribution in [3.63, 3.8) is 0 Å². The Morgan fingerprint density at radius 3 is 2.64 bits per heavy atom. The number of piperidine rings is 1. The van der Waals surface area contributed by atoms with Gasteiger partial charge in [-0.25, -0.2) is 0 Å². The van der Waals surface area contributed by atoms with Crippen molar-refractivity contribution < 1.29 is 5.11 Å². The summed E-state index contributed by atoms with van der Waals surface area (Å²) in [7, 11) is 2.11. The average molecular weight is 192 g/mol. The summed E-state index contributed by atoms with van der Waals surface area (Å²) >= 11 is 0. The molecule has 1 saturated heterocycles. The zero-order chi connectivity index (χ0) is 10.0. The van der Waals surface area contributed by atoms with Gasteiger partial charge in [0.25, 0.3) is 0 Å². The van der Waals surface area contributed by atoms with Crippen molar-refractivity contribution in [2.24, 2.45) is 0 Å². The SMILES string of the molecule is CN1CCC(O)(C2=CC[CH]C=C2)CC1. The second kappa shape index (κ2) is 3.87. The minimum absolute atomic E-state index is 0.558. The van der Waals surface area contributed by atoms with E-state index in [1.807, 2.05) is 6.08 Å². The Labute approximate surface area is 85.9 Å². The van der Waals surface area contributed by atoms with E-state index in [1.165, 1.54) is 0 Å². The summed E-state index contributed by atoms with van der Waals surface area (Å²) < 4.78 is 0. The summed E-state index contributed by atoms with van der Waals surface area (Å²) in [4.78, 5) is 2.27. The van der Waals surface area contributed by atoms with Crippen LogP contribution < -0.4 is 0 Å². The highest BCUT2D eigenvalue weighted by Gasteiger charge is 2.33. The van der Waals surface area contributed by atoms with Crippen LogP contribution in [0.25, 0.3) is 0 Å². The van der Waals surface area contributed by atoms with Crippen molar-refractivity contribution in [2.45, 2.75) is 24.9 Å². The number of aliphatic hydroxyl groups is 1. The van der Waals surface area contributed by atoms with E-state index >= 15 is 0 Å². The molecule has 14 heavy (non-hydrogen) atoms. The monoisotopic (exact) mass is 192 g/mol. The van der Waals surface area contributed by atoms with E-state index < -0.39 is 5.60 Å². The van der Waals surface area contributed by atoms with E-state index in [2.05, 4.69) is 30.5 Å². The van der Waals surface area contributed by atoms with Crippen LogP contribution in [0.15, 0.2) is 23.8 Å². The van der Waals surface area contributed by atoms with Crippen LogP contribution in [0.4, 0.5) is 0 Å². The number of rotatable bonds is 1. The second-order valence-electron chi connectivity index (χ2n) is 4.32. The number of nitrogens with zero attached hydrogens (tertiary/aromatic N) is 1. The normalized spacial score (nSPS) is 27.4. The summed E-state index contributed by atoms with van der Waals surface area (Å²) in [6.45, 7) is 1.98. The first kappa shape index (κ1) is 9.94. The van der Waals surface area contributed by atoms with Crippen molar-refractivity contribution in [3.05, 3.63) is 30.2 Å². The summed E-state index contributed by atoms with van der Waals surface area (Å²) in [6, 6.07) is 0. The number of hydrogen-bond donors (Lipinski definition) is 1. The number of hydrogen-bond acceptors (Lipinski definition) is 2. The largest absolute Gasteiger partial charge is 0.385 e. The molecule has 0 atom stereocenters. The zero-order valence-electron chi connectivity index (χ0n) is 8.74. The molecule has 1 fully saturated rings. The van der Waals surface area contributed by atoms with Gasteiger partial charge in [0.05, 0.1) is 5.60 Å². The number of likely N-dealkylation sites (tertiary alicyclic amines) is 1. The van der Waals surface area contributed by atoms with Crippen LogP contribution >= 0.6 is 0 Å². The third kappa shape index (κ3) is 1.91. The van der Waals surface area contributed by atoms with E-state index in [9.17, 15) is 5.11 Å². The number of allylic oxidation sites excluding steroid dienone is 2. The molecule has 1 N–H and O–H groups in total. The molecule has 0 amide bonds. The molecule has 2 rings (SSSR count). The highest BCUT2D eigenvalue weighted by atomic mass is 16.3. The molecular formula is C12H18NO. The highest BCUT2D eigenvalue weighted by molar-refractivity contribution is 5.34. The van der Waals surface area contributed by atoms with Crippen LogP contribution in [-0.4, -0.2) is 35.7 Å². The van der Waals surface area contributed by atoms with Gasteiger partial charge in [-0.05, 0) is 38.3 Å². The Balaban J connectivity index is 2.08. The maximum Gasteiger partial charge on any atom is 0.0917 e. The minimum Gasteiger partial charge on any atom is -0.385 e. The molecule has 2 heteroatoms. The lowest BCUT2D eigenvalue weighted by Gasteiger charge is -2.38. The molecule has 0 aromatic rings. The fourth-order valence-corrected chi connectivity index (χ4v) is 2.14. The first-order valence-corrected chi connectivity index (χ1v) is 5.32. The van der Waals surface area contributed by atoms with E-state index in [-0.39, 0.29) is 0 Å². The van der Waals surface area contributed by atoms with E-state index in [0.717, 1.165) is 37.9 Å². The first-order chi connectivity index (χ1) is 6.71. The Morgan fingerprint density at radius 1 is 1.36 bits per heavy atom. The van der Waals surface area contributed by atoms with Gasteiger partial charge in [-0.3, -0.25) is 0 Å². The maximum atomic E-state index is 10.5. The standard InChI is InChI=1S/C12H18NO/c1-13-9-7-12(14,8-10-13)11-5-3-2-4-6-11/h2-3,5-6,14H,4,7-10H2,1H3. The fraction of sp³-hybridized carbons (Fsp3) is 0.583. The van der Waals surface area contributed by atoms with Crippen molar-refractivity contribution >= 4 is 0 Å². The zero-order valence-corrected chi connectivity index (χ0v) is 8.74. The van der Waals surface area contributed by atoms with Gasteiger partial charge in [0.1, 0.15) is 0 Å². The van der Waals surface area contributed by atoms with Gasteiger partial charge >= 0.3 is 0 Å². The Bertz CT molecular complexity index is 259. The van der Waals surface area contributed by atoms with Gasteiger partial charge < -0.3 is 10.0 Å². The van der Waals surface area contributed by atoms with Gasteiger partial charge in [-0.15, -0.1) is 0 Å². The topological polar surface area (TPSA) is 23.5 Å². The molecule has 0 aromatic heterocycles. The van der Waals surface area contributed by atoms with E-state index in [0.29, 0.717) is 0 Å². The van der Waals surface area contributed by atoms with Gasteiger partial charge in [-0.1, -0.05) is 18.2 Å². The quantitative estimate of drug-likeness (QED) is 0.681. The van der Waals surface area contributed by atoms with Crippen LogP contribution in [0.2, 0.25) is 0 Å². The summed E-state index contributed by atoms with van der Waals surface area (Å²) in [5.41, 5.74) is 0.560. The molecule has 1 radical (unpaired) electrons. The lowest BCUT2D eigenvalue weighted by molar-refractivity contribution is 0.0189. The highest BCUT2D eigenvalue weighted by Crippen LogP contribution is 2.31. The van der Waals surface area contributed by atoms with Crippen LogP contribution in [0.1, 0.15) is 19.3 Å². The van der Waals surface area contributed by atoms with Crippen LogP contribution in [0.5, 0.6) is 0 Å². The molecule has 77 valence electrons. The molecule has 0 saturated carbocycles. The van der Waals surface area contributed by atoms with E-state index in [1.54, 1.807) is 0 Å². The van der Waals surface area contributed by atoms with Gasteiger partial charge in [-0.2, -0.15) is 0 Å². The maximum absolute atomic E-state index is 10.5.